The van der Waals surface area contributed by atoms with E-state index in [1.54, 1.807) is 0 Å². The van der Waals surface area contributed by atoms with Crippen LogP contribution in [0.15, 0.2) is 54.6 Å². The van der Waals surface area contributed by atoms with Crippen molar-refractivity contribution >= 4 is 6.08 Å². The van der Waals surface area contributed by atoms with Crippen LogP contribution in [0.4, 0.5) is 0 Å². The summed E-state index contributed by atoms with van der Waals surface area (Å²) in [4.78, 5) is 0. The van der Waals surface area contributed by atoms with Crippen LogP contribution in [-0.2, 0) is 0 Å². The first-order chi connectivity index (χ1) is 8.29. The van der Waals surface area contributed by atoms with Gasteiger partial charge in [-0.2, -0.15) is 0 Å². The number of para-hydroxylation sites is 1. The molecule has 1 nitrogen and oxygen atoms in total. The summed E-state index contributed by atoms with van der Waals surface area (Å²) in [5.41, 5.74) is 2.33. The molecule has 0 aliphatic rings. The van der Waals surface area contributed by atoms with Crippen LogP contribution in [0.1, 0.15) is 18.1 Å². The Kier molecular flexibility index (Phi) is 3.61. The van der Waals surface area contributed by atoms with Gasteiger partial charge in [-0.05, 0) is 32.0 Å². The summed E-state index contributed by atoms with van der Waals surface area (Å²) in [6, 6.07) is 16.1. The van der Waals surface area contributed by atoms with Crippen LogP contribution >= 0.6 is 0 Å². The zero-order valence-corrected chi connectivity index (χ0v) is 10.2. The van der Waals surface area contributed by atoms with Gasteiger partial charge in [0, 0.05) is 5.56 Å². The van der Waals surface area contributed by atoms with Crippen molar-refractivity contribution in [1.29, 1.82) is 0 Å². The third-order valence-electron chi connectivity index (χ3n) is 2.51. The first kappa shape index (κ1) is 11.5. The zero-order valence-electron chi connectivity index (χ0n) is 10.2. The fraction of sp³-hybridized carbons (Fsp3) is 0.125. The van der Waals surface area contributed by atoms with Gasteiger partial charge in [0.1, 0.15) is 11.5 Å². The molecular weight excluding hydrogens is 208 g/mol. The van der Waals surface area contributed by atoms with E-state index >= 15 is 0 Å². The van der Waals surface area contributed by atoms with Crippen molar-refractivity contribution in [3.05, 3.63) is 65.7 Å². The first-order valence-corrected chi connectivity index (χ1v) is 5.76. The molecule has 2 aromatic carbocycles. The maximum Gasteiger partial charge on any atom is 0.134 e. The number of hydrogen-bond acceptors (Lipinski definition) is 1. The number of aryl methyl sites for hydroxylation is 1. The van der Waals surface area contributed by atoms with E-state index in [4.69, 9.17) is 4.74 Å². The van der Waals surface area contributed by atoms with Crippen LogP contribution in [-0.4, -0.2) is 0 Å². The highest BCUT2D eigenvalue weighted by atomic mass is 16.5. The second kappa shape index (κ2) is 5.35. The summed E-state index contributed by atoms with van der Waals surface area (Å²) in [7, 11) is 0. The predicted molar refractivity (Wildman–Crippen MR) is 72.4 cm³/mol. The molecule has 2 aromatic rings. The van der Waals surface area contributed by atoms with Gasteiger partial charge in [0.15, 0.2) is 0 Å². The minimum absolute atomic E-state index is 0.868. The van der Waals surface area contributed by atoms with Crippen molar-refractivity contribution in [1.82, 2.24) is 0 Å². The molecule has 17 heavy (non-hydrogen) atoms. The molecule has 0 unspecified atom stereocenters. The van der Waals surface area contributed by atoms with Crippen LogP contribution in [0.5, 0.6) is 11.5 Å². The monoisotopic (exact) mass is 224 g/mol. The van der Waals surface area contributed by atoms with E-state index in [1.165, 1.54) is 5.56 Å². The Morgan fingerprint density at radius 3 is 2.35 bits per heavy atom. The number of rotatable bonds is 3. The van der Waals surface area contributed by atoms with Crippen LogP contribution in [0.2, 0.25) is 0 Å². The van der Waals surface area contributed by atoms with Crippen LogP contribution < -0.4 is 4.74 Å². The van der Waals surface area contributed by atoms with Gasteiger partial charge in [-0.3, -0.25) is 0 Å². The Balaban J connectivity index is 2.26. The average Bonchev–Trinajstić information content (AvgIpc) is 2.35. The van der Waals surface area contributed by atoms with Crippen LogP contribution in [0, 0.1) is 6.92 Å². The lowest BCUT2D eigenvalue weighted by atomic mass is 10.2. The minimum Gasteiger partial charge on any atom is -0.457 e. The molecule has 0 bridgehead atoms. The van der Waals surface area contributed by atoms with Gasteiger partial charge in [-0.1, -0.05) is 48.0 Å². The molecule has 0 aliphatic carbocycles. The largest absolute Gasteiger partial charge is 0.457 e. The molecule has 0 aromatic heterocycles. The normalized spacial score (nSPS) is 10.7. The molecule has 0 heterocycles. The average molecular weight is 224 g/mol. The molecule has 86 valence electrons. The fourth-order valence-corrected chi connectivity index (χ4v) is 1.62. The Hall–Kier alpha value is -2.02. The molecule has 0 atom stereocenters. The highest BCUT2D eigenvalue weighted by Gasteiger charge is 2.00. The standard InChI is InChI=1S/C16H16O/c1-3-6-14-7-4-5-8-16(14)17-15-11-9-13(2)10-12-15/h3-12H,1-2H3/b6-3+. The molecule has 0 saturated heterocycles. The van der Waals surface area contributed by atoms with Crippen LogP contribution in [0.25, 0.3) is 6.08 Å². The number of ether oxygens (including phenoxy) is 1. The Morgan fingerprint density at radius 2 is 1.65 bits per heavy atom. The lowest BCUT2D eigenvalue weighted by Gasteiger charge is -2.08. The molecule has 0 amide bonds. The van der Waals surface area contributed by atoms with Crippen LogP contribution in [0.3, 0.4) is 0 Å². The number of hydrogen-bond donors (Lipinski definition) is 0. The molecule has 0 spiro atoms. The zero-order chi connectivity index (χ0) is 12.1. The lowest BCUT2D eigenvalue weighted by molar-refractivity contribution is 0.481. The van der Waals surface area contributed by atoms with E-state index in [9.17, 15) is 0 Å². The molecule has 2 rings (SSSR count). The van der Waals surface area contributed by atoms with Gasteiger partial charge in [0.05, 0.1) is 0 Å². The Bertz CT molecular complexity index is 509. The second-order valence-corrected chi connectivity index (χ2v) is 3.95. The number of benzene rings is 2. The third kappa shape index (κ3) is 2.97. The fourth-order valence-electron chi connectivity index (χ4n) is 1.62. The van der Waals surface area contributed by atoms with Gasteiger partial charge < -0.3 is 4.74 Å². The smallest absolute Gasteiger partial charge is 0.134 e. The summed E-state index contributed by atoms with van der Waals surface area (Å²) < 4.78 is 5.87. The SMILES string of the molecule is C/C=C/c1ccccc1Oc1ccc(C)cc1. The molecule has 0 radical (unpaired) electrons. The highest BCUT2D eigenvalue weighted by Crippen LogP contribution is 2.26. The predicted octanol–water partition coefficient (Wildman–Crippen LogP) is 4.82. The summed E-state index contributed by atoms with van der Waals surface area (Å²) in [6.07, 6.45) is 4.06. The Labute approximate surface area is 102 Å². The van der Waals surface area contributed by atoms with E-state index in [-0.39, 0.29) is 0 Å². The van der Waals surface area contributed by atoms with Gasteiger partial charge >= 0.3 is 0 Å². The molecule has 0 fully saturated rings. The summed E-state index contributed by atoms with van der Waals surface area (Å²) in [5, 5.41) is 0. The van der Waals surface area contributed by atoms with Crippen molar-refractivity contribution in [2.45, 2.75) is 13.8 Å². The van der Waals surface area contributed by atoms with E-state index in [1.807, 2.05) is 67.6 Å². The summed E-state index contributed by atoms with van der Waals surface area (Å²) in [6.45, 7) is 4.07. The van der Waals surface area contributed by atoms with Crippen molar-refractivity contribution < 1.29 is 4.74 Å². The van der Waals surface area contributed by atoms with E-state index in [2.05, 4.69) is 6.92 Å². The molecule has 0 aliphatic heterocycles. The molecule has 0 saturated carbocycles. The van der Waals surface area contributed by atoms with Crippen molar-refractivity contribution in [2.24, 2.45) is 0 Å². The van der Waals surface area contributed by atoms with Crippen molar-refractivity contribution in [3.63, 3.8) is 0 Å². The minimum atomic E-state index is 0.868. The summed E-state index contributed by atoms with van der Waals surface area (Å²) >= 11 is 0. The molecule has 0 N–H and O–H groups in total. The van der Waals surface area contributed by atoms with Gasteiger partial charge in [-0.25, -0.2) is 0 Å². The second-order valence-electron chi connectivity index (χ2n) is 3.95. The van der Waals surface area contributed by atoms with E-state index in [0.29, 0.717) is 0 Å². The quantitative estimate of drug-likeness (QED) is 0.726. The first-order valence-electron chi connectivity index (χ1n) is 5.76. The topological polar surface area (TPSA) is 9.23 Å². The van der Waals surface area contributed by atoms with E-state index in [0.717, 1.165) is 17.1 Å². The van der Waals surface area contributed by atoms with Crippen molar-refractivity contribution in [3.8, 4) is 11.5 Å². The lowest BCUT2D eigenvalue weighted by Crippen LogP contribution is -1.87. The maximum atomic E-state index is 5.87. The molecular formula is C16H16O. The highest BCUT2D eigenvalue weighted by molar-refractivity contribution is 5.57. The van der Waals surface area contributed by atoms with Gasteiger partial charge in [0.2, 0.25) is 0 Å². The Morgan fingerprint density at radius 1 is 0.941 bits per heavy atom. The molecule has 1 heteroatoms. The maximum absolute atomic E-state index is 5.87. The van der Waals surface area contributed by atoms with Gasteiger partial charge in [-0.15, -0.1) is 0 Å². The van der Waals surface area contributed by atoms with E-state index < -0.39 is 0 Å². The summed E-state index contributed by atoms with van der Waals surface area (Å²) in [5.74, 6) is 1.75. The third-order valence-corrected chi connectivity index (χ3v) is 2.51. The van der Waals surface area contributed by atoms with Crippen molar-refractivity contribution in [2.75, 3.05) is 0 Å². The number of allylic oxidation sites excluding steroid dienone is 1. The van der Waals surface area contributed by atoms with Gasteiger partial charge in [0.25, 0.3) is 0 Å².